The van der Waals surface area contributed by atoms with Crippen LogP contribution in [0.4, 0.5) is 4.39 Å². The summed E-state index contributed by atoms with van der Waals surface area (Å²) in [6, 6.07) is 7.61. The molecule has 2 rings (SSSR count). The maximum atomic E-state index is 13.5. The number of nitrogens with one attached hydrogen (secondary N) is 1. The van der Waals surface area contributed by atoms with E-state index in [0.29, 0.717) is 9.39 Å². The Morgan fingerprint density at radius 3 is 2.64 bits per heavy atom. The molecule has 1 aromatic carbocycles. The van der Waals surface area contributed by atoms with Gasteiger partial charge in [0, 0.05) is 5.56 Å². The first-order chi connectivity index (χ1) is 6.70. The maximum Gasteiger partial charge on any atom is 0.182 e. The molecule has 1 heterocycles. The number of H-pyrrole nitrogens is 1. The average Bonchev–Trinajstić information content (AvgIpc) is 2.49. The summed E-state index contributed by atoms with van der Waals surface area (Å²) in [7, 11) is 0. The van der Waals surface area contributed by atoms with Crippen LogP contribution in [-0.2, 0) is 0 Å². The van der Waals surface area contributed by atoms with Crippen LogP contribution in [0.1, 0.15) is 5.56 Å². The molecular formula is C10H8FIN2. The standard InChI is InChI=1S/C10H8FIN2/c1-6-4-2-3-5-7(6)9-8(11)10(12)14-13-9/h2-5H,1H3,(H,13,14). The Labute approximate surface area is 94.7 Å². The fourth-order valence-corrected chi connectivity index (χ4v) is 1.70. The molecule has 2 aromatic rings. The minimum Gasteiger partial charge on any atom is -0.269 e. The summed E-state index contributed by atoms with van der Waals surface area (Å²) in [5.74, 6) is -0.278. The van der Waals surface area contributed by atoms with Crippen molar-refractivity contribution in [3.63, 3.8) is 0 Å². The fraction of sp³-hybridized carbons (Fsp3) is 0.100. The number of aromatic nitrogens is 2. The number of halogens is 2. The van der Waals surface area contributed by atoms with Crippen molar-refractivity contribution in [3.8, 4) is 11.3 Å². The van der Waals surface area contributed by atoms with Crippen molar-refractivity contribution in [2.45, 2.75) is 6.92 Å². The van der Waals surface area contributed by atoms with E-state index in [1.807, 2.05) is 53.8 Å². The Balaban J connectivity index is 2.60. The molecule has 1 aromatic heterocycles. The van der Waals surface area contributed by atoms with Gasteiger partial charge < -0.3 is 0 Å². The Kier molecular flexibility index (Phi) is 2.54. The Morgan fingerprint density at radius 1 is 1.36 bits per heavy atom. The van der Waals surface area contributed by atoms with Gasteiger partial charge in [-0.1, -0.05) is 24.3 Å². The molecule has 0 saturated heterocycles. The lowest BCUT2D eigenvalue weighted by Crippen LogP contribution is -1.85. The predicted octanol–water partition coefficient (Wildman–Crippen LogP) is 3.13. The van der Waals surface area contributed by atoms with Gasteiger partial charge in [0.05, 0.1) is 0 Å². The van der Waals surface area contributed by atoms with Gasteiger partial charge in [0.25, 0.3) is 0 Å². The SMILES string of the molecule is Cc1ccccc1-c1n[nH]c(I)c1F. The van der Waals surface area contributed by atoms with Crippen LogP contribution in [0.5, 0.6) is 0 Å². The third-order valence-corrected chi connectivity index (χ3v) is 2.78. The van der Waals surface area contributed by atoms with Crippen molar-refractivity contribution in [1.82, 2.24) is 10.2 Å². The molecule has 14 heavy (non-hydrogen) atoms. The Morgan fingerprint density at radius 2 is 2.07 bits per heavy atom. The highest BCUT2D eigenvalue weighted by atomic mass is 127. The zero-order valence-corrected chi connectivity index (χ0v) is 9.67. The fourth-order valence-electron chi connectivity index (χ4n) is 1.32. The lowest BCUT2D eigenvalue weighted by atomic mass is 10.1. The van der Waals surface area contributed by atoms with Gasteiger partial charge >= 0.3 is 0 Å². The number of aromatic amines is 1. The number of aryl methyl sites for hydroxylation is 1. The third kappa shape index (κ3) is 1.54. The van der Waals surface area contributed by atoms with E-state index in [-0.39, 0.29) is 5.82 Å². The van der Waals surface area contributed by atoms with Crippen LogP contribution in [0.15, 0.2) is 24.3 Å². The first kappa shape index (κ1) is 9.64. The third-order valence-electron chi connectivity index (χ3n) is 2.07. The van der Waals surface area contributed by atoms with Gasteiger partial charge in [0.15, 0.2) is 5.82 Å². The number of nitrogens with zero attached hydrogens (tertiary/aromatic N) is 1. The molecule has 0 bridgehead atoms. The van der Waals surface area contributed by atoms with Crippen molar-refractivity contribution in [2.75, 3.05) is 0 Å². The second-order valence-electron chi connectivity index (χ2n) is 3.02. The summed E-state index contributed by atoms with van der Waals surface area (Å²) >= 11 is 1.89. The molecule has 1 N–H and O–H groups in total. The minimum absolute atomic E-state index is 0.278. The van der Waals surface area contributed by atoms with Crippen LogP contribution < -0.4 is 0 Å². The summed E-state index contributed by atoms with van der Waals surface area (Å²) in [4.78, 5) is 0. The first-order valence-electron chi connectivity index (χ1n) is 4.15. The molecule has 0 aliphatic rings. The molecule has 0 aliphatic carbocycles. The molecular weight excluding hydrogens is 294 g/mol. The molecule has 0 radical (unpaired) electrons. The quantitative estimate of drug-likeness (QED) is 0.806. The van der Waals surface area contributed by atoms with E-state index >= 15 is 0 Å². The van der Waals surface area contributed by atoms with Gasteiger partial charge in [-0.15, -0.1) is 0 Å². The highest BCUT2D eigenvalue weighted by molar-refractivity contribution is 14.1. The van der Waals surface area contributed by atoms with Crippen molar-refractivity contribution in [2.24, 2.45) is 0 Å². The van der Waals surface area contributed by atoms with Crippen LogP contribution >= 0.6 is 22.6 Å². The van der Waals surface area contributed by atoms with Crippen LogP contribution in [0.2, 0.25) is 0 Å². The number of hydrogen-bond donors (Lipinski definition) is 1. The van der Waals surface area contributed by atoms with Crippen LogP contribution in [-0.4, -0.2) is 10.2 Å². The van der Waals surface area contributed by atoms with Gasteiger partial charge in [-0.25, -0.2) is 4.39 Å². The molecule has 0 atom stereocenters. The molecule has 0 fully saturated rings. The topological polar surface area (TPSA) is 28.7 Å². The normalized spacial score (nSPS) is 10.5. The van der Waals surface area contributed by atoms with E-state index in [2.05, 4.69) is 10.2 Å². The monoisotopic (exact) mass is 302 g/mol. The second kappa shape index (κ2) is 3.68. The van der Waals surface area contributed by atoms with Crippen LogP contribution in [0.3, 0.4) is 0 Å². The highest BCUT2D eigenvalue weighted by Crippen LogP contribution is 2.25. The number of benzene rings is 1. The molecule has 0 unspecified atom stereocenters. The Bertz CT molecular complexity index is 465. The minimum atomic E-state index is -0.278. The lowest BCUT2D eigenvalue weighted by Gasteiger charge is -2.00. The zero-order valence-electron chi connectivity index (χ0n) is 7.51. The van der Waals surface area contributed by atoms with E-state index < -0.39 is 0 Å². The maximum absolute atomic E-state index is 13.5. The highest BCUT2D eigenvalue weighted by Gasteiger charge is 2.13. The Hall–Kier alpha value is -0.910. The second-order valence-corrected chi connectivity index (χ2v) is 4.09. The van der Waals surface area contributed by atoms with Crippen molar-refractivity contribution < 1.29 is 4.39 Å². The summed E-state index contributed by atoms with van der Waals surface area (Å²) in [6.45, 7) is 1.94. The van der Waals surface area contributed by atoms with E-state index in [1.54, 1.807) is 0 Å². The van der Waals surface area contributed by atoms with Crippen LogP contribution in [0.25, 0.3) is 11.3 Å². The molecule has 72 valence electrons. The van der Waals surface area contributed by atoms with Crippen LogP contribution in [0, 0.1) is 16.4 Å². The molecule has 0 aliphatic heterocycles. The van der Waals surface area contributed by atoms with Gasteiger partial charge in [-0.2, -0.15) is 5.10 Å². The molecule has 2 nitrogen and oxygen atoms in total. The first-order valence-corrected chi connectivity index (χ1v) is 5.23. The predicted molar refractivity (Wildman–Crippen MR) is 61.4 cm³/mol. The van der Waals surface area contributed by atoms with E-state index in [1.165, 1.54) is 0 Å². The average molecular weight is 302 g/mol. The van der Waals surface area contributed by atoms with Gasteiger partial charge in [0.1, 0.15) is 9.39 Å². The van der Waals surface area contributed by atoms with Gasteiger partial charge in [-0.05, 0) is 35.1 Å². The molecule has 0 saturated carbocycles. The largest absolute Gasteiger partial charge is 0.269 e. The lowest BCUT2D eigenvalue weighted by molar-refractivity contribution is 0.624. The van der Waals surface area contributed by atoms with Crippen molar-refractivity contribution in [3.05, 3.63) is 39.3 Å². The van der Waals surface area contributed by atoms with Crippen molar-refractivity contribution >= 4 is 22.6 Å². The summed E-state index contributed by atoms with van der Waals surface area (Å²) < 4.78 is 14.0. The summed E-state index contributed by atoms with van der Waals surface area (Å²) in [6.07, 6.45) is 0. The number of rotatable bonds is 1. The number of hydrogen-bond acceptors (Lipinski definition) is 1. The molecule has 0 amide bonds. The van der Waals surface area contributed by atoms with Crippen molar-refractivity contribution in [1.29, 1.82) is 0 Å². The summed E-state index contributed by atoms with van der Waals surface area (Å²) in [5.41, 5.74) is 2.26. The smallest absolute Gasteiger partial charge is 0.182 e. The molecule has 0 spiro atoms. The van der Waals surface area contributed by atoms with E-state index in [4.69, 9.17) is 0 Å². The van der Waals surface area contributed by atoms with E-state index in [0.717, 1.165) is 11.1 Å². The summed E-state index contributed by atoms with van der Waals surface area (Å²) in [5, 5.41) is 6.56. The molecule has 4 heteroatoms. The van der Waals surface area contributed by atoms with Gasteiger partial charge in [-0.3, -0.25) is 5.10 Å². The van der Waals surface area contributed by atoms with Gasteiger partial charge in [0.2, 0.25) is 0 Å². The zero-order chi connectivity index (χ0) is 10.1. The van der Waals surface area contributed by atoms with E-state index in [9.17, 15) is 4.39 Å².